The number of hydrogen-bond acceptors (Lipinski definition) is 1. The highest BCUT2D eigenvalue weighted by molar-refractivity contribution is 9.39. The average Bonchev–Trinajstić information content (AvgIpc) is 1.78. The Kier molecular flexibility index (Phi) is 6.16. The molecule has 0 radical (unpaired) electrons. The number of rotatable bonds is 3. The van der Waals surface area contributed by atoms with E-state index in [-0.39, 0.29) is 2.14 Å². The molecule has 0 fully saturated rings. The quantitative estimate of drug-likeness (QED) is 0.468. The number of alkyl halides is 3. The van der Waals surface area contributed by atoms with Crippen molar-refractivity contribution in [2.75, 3.05) is 0 Å². The molecule has 0 unspecified atom stereocenters. The summed E-state index contributed by atoms with van der Waals surface area (Å²) in [4.78, 5) is 0. The summed E-state index contributed by atoms with van der Waals surface area (Å²) < 4.78 is -0.129. The van der Waals surface area contributed by atoms with Gasteiger partial charge in [-0.2, -0.15) is 0 Å². The molecule has 0 spiro atoms. The number of aliphatic hydroxyl groups excluding tert-OH is 1. The molecule has 1 N–H and O–H groups in total. The molecule has 0 saturated carbocycles. The van der Waals surface area contributed by atoms with Gasteiger partial charge in [0, 0.05) is 0 Å². The normalized spacial score (nSPS) is 12.7. The molecular formula is C6H9Br3O. The van der Waals surface area contributed by atoms with Crippen LogP contribution >= 0.6 is 47.8 Å². The third-order valence-corrected chi connectivity index (χ3v) is 2.13. The Balaban J connectivity index is 3.20. The third kappa shape index (κ3) is 8.98. The zero-order valence-electron chi connectivity index (χ0n) is 5.36. The Labute approximate surface area is 86.3 Å². The number of aliphatic hydroxyl groups is 1. The highest BCUT2D eigenvalue weighted by atomic mass is 80.0. The van der Waals surface area contributed by atoms with E-state index < -0.39 is 0 Å². The van der Waals surface area contributed by atoms with E-state index in [2.05, 4.69) is 47.8 Å². The fourth-order valence-corrected chi connectivity index (χ4v) is 1.34. The van der Waals surface area contributed by atoms with E-state index in [1.54, 1.807) is 6.08 Å². The first-order valence-corrected chi connectivity index (χ1v) is 5.30. The summed E-state index contributed by atoms with van der Waals surface area (Å²) in [5.74, 6) is 0. The van der Waals surface area contributed by atoms with Gasteiger partial charge >= 0.3 is 0 Å². The van der Waals surface area contributed by atoms with Crippen LogP contribution in [0.4, 0.5) is 0 Å². The van der Waals surface area contributed by atoms with Crippen LogP contribution in [0.3, 0.4) is 0 Å². The molecule has 0 bridgehead atoms. The smallest absolute Gasteiger partial charge is 0.135 e. The van der Waals surface area contributed by atoms with Gasteiger partial charge in [-0.1, -0.05) is 53.9 Å². The van der Waals surface area contributed by atoms with Crippen LogP contribution < -0.4 is 0 Å². The first-order valence-electron chi connectivity index (χ1n) is 2.92. The molecule has 0 rings (SSSR count). The molecule has 0 saturated heterocycles. The second-order valence-corrected chi connectivity index (χ2v) is 9.15. The fraction of sp³-hybridized carbons (Fsp3) is 0.667. The summed E-state index contributed by atoms with van der Waals surface area (Å²) in [5, 5.41) is 8.28. The van der Waals surface area contributed by atoms with E-state index in [1.807, 2.05) is 0 Å². The van der Waals surface area contributed by atoms with Crippen molar-refractivity contribution >= 4 is 47.8 Å². The van der Waals surface area contributed by atoms with Gasteiger partial charge in [-0.3, -0.25) is 0 Å². The molecule has 10 heavy (non-hydrogen) atoms. The van der Waals surface area contributed by atoms with Gasteiger partial charge in [0.1, 0.15) is 2.14 Å². The summed E-state index contributed by atoms with van der Waals surface area (Å²) in [5.41, 5.74) is 0. The van der Waals surface area contributed by atoms with Crippen LogP contribution in [-0.4, -0.2) is 7.25 Å². The summed E-state index contributed by atoms with van der Waals surface area (Å²) in [6.07, 6.45) is 5.72. The molecule has 0 atom stereocenters. The molecule has 0 aromatic heterocycles. The maximum atomic E-state index is 8.28. The lowest BCUT2D eigenvalue weighted by molar-refractivity contribution is 0.470. The zero-order valence-corrected chi connectivity index (χ0v) is 10.1. The Morgan fingerprint density at radius 1 is 1.30 bits per heavy atom. The van der Waals surface area contributed by atoms with Gasteiger partial charge in [0.05, 0.1) is 6.26 Å². The molecule has 0 aromatic rings. The van der Waals surface area contributed by atoms with Crippen molar-refractivity contribution < 1.29 is 5.11 Å². The van der Waals surface area contributed by atoms with Crippen molar-refractivity contribution in [1.29, 1.82) is 0 Å². The number of unbranched alkanes of at least 4 members (excludes halogenated alkanes) is 1. The average molecular weight is 337 g/mol. The van der Waals surface area contributed by atoms with Crippen LogP contribution in [0.25, 0.3) is 0 Å². The molecule has 0 aliphatic rings. The Morgan fingerprint density at radius 3 is 2.30 bits per heavy atom. The van der Waals surface area contributed by atoms with Crippen molar-refractivity contribution in [2.24, 2.45) is 0 Å². The number of allylic oxidation sites excluding steroid dienone is 1. The minimum atomic E-state index is -0.129. The standard InChI is InChI=1S/C6H9Br3O/c7-6(8,9)4-2-1-3-5-10/h3,5,10H,1-2,4H2. The van der Waals surface area contributed by atoms with E-state index in [9.17, 15) is 0 Å². The molecule has 0 aliphatic heterocycles. The summed E-state index contributed by atoms with van der Waals surface area (Å²) in [7, 11) is 0. The predicted octanol–water partition coefficient (Wildman–Crippen LogP) is 4.07. The second kappa shape index (κ2) is 5.61. The van der Waals surface area contributed by atoms with Crippen molar-refractivity contribution in [1.82, 2.24) is 0 Å². The molecule has 0 aliphatic carbocycles. The van der Waals surface area contributed by atoms with E-state index in [1.165, 1.54) is 0 Å². The van der Waals surface area contributed by atoms with Crippen molar-refractivity contribution in [2.45, 2.75) is 21.4 Å². The van der Waals surface area contributed by atoms with E-state index in [4.69, 9.17) is 5.11 Å². The highest BCUT2D eigenvalue weighted by Crippen LogP contribution is 2.38. The van der Waals surface area contributed by atoms with Crippen LogP contribution in [-0.2, 0) is 0 Å². The van der Waals surface area contributed by atoms with Crippen molar-refractivity contribution in [3.8, 4) is 0 Å². The molecule has 1 nitrogen and oxygen atoms in total. The largest absolute Gasteiger partial charge is 0.516 e. The van der Waals surface area contributed by atoms with Crippen LogP contribution in [0, 0.1) is 0 Å². The molecule has 4 heteroatoms. The monoisotopic (exact) mass is 334 g/mol. The minimum Gasteiger partial charge on any atom is -0.516 e. The Morgan fingerprint density at radius 2 is 1.90 bits per heavy atom. The highest BCUT2D eigenvalue weighted by Gasteiger charge is 2.15. The van der Waals surface area contributed by atoms with E-state index in [0.717, 1.165) is 25.5 Å². The number of halogens is 3. The fourth-order valence-electron chi connectivity index (χ4n) is 0.495. The van der Waals surface area contributed by atoms with Crippen LogP contribution in [0.1, 0.15) is 19.3 Å². The third-order valence-electron chi connectivity index (χ3n) is 0.936. The molecular weight excluding hydrogens is 328 g/mol. The van der Waals surface area contributed by atoms with E-state index >= 15 is 0 Å². The lowest BCUT2D eigenvalue weighted by Crippen LogP contribution is -1.97. The molecule has 60 valence electrons. The Bertz CT molecular complexity index is 106. The lowest BCUT2D eigenvalue weighted by atomic mass is 10.2. The van der Waals surface area contributed by atoms with Gasteiger partial charge in [-0.15, -0.1) is 0 Å². The van der Waals surface area contributed by atoms with Crippen molar-refractivity contribution in [3.63, 3.8) is 0 Å². The van der Waals surface area contributed by atoms with Crippen LogP contribution in [0.5, 0.6) is 0 Å². The SMILES string of the molecule is OC=CCCCC(Br)(Br)Br. The lowest BCUT2D eigenvalue weighted by Gasteiger charge is -2.09. The van der Waals surface area contributed by atoms with E-state index in [0.29, 0.717) is 0 Å². The molecule has 0 heterocycles. The van der Waals surface area contributed by atoms with Crippen molar-refractivity contribution in [3.05, 3.63) is 12.3 Å². The second-order valence-electron chi connectivity index (χ2n) is 1.89. The van der Waals surface area contributed by atoms with Gasteiger partial charge < -0.3 is 5.11 Å². The predicted molar refractivity (Wildman–Crippen MR) is 55.1 cm³/mol. The minimum absolute atomic E-state index is 0.129. The van der Waals surface area contributed by atoms with Gasteiger partial charge in [0.2, 0.25) is 0 Å². The molecule has 0 aromatic carbocycles. The molecule has 0 amide bonds. The first kappa shape index (κ1) is 11.0. The van der Waals surface area contributed by atoms with Gasteiger partial charge in [-0.25, -0.2) is 0 Å². The summed E-state index contributed by atoms with van der Waals surface area (Å²) in [6.45, 7) is 0. The van der Waals surface area contributed by atoms with Gasteiger partial charge in [0.25, 0.3) is 0 Å². The maximum Gasteiger partial charge on any atom is 0.135 e. The van der Waals surface area contributed by atoms with Crippen LogP contribution in [0.15, 0.2) is 12.3 Å². The summed E-state index contributed by atoms with van der Waals surface area (Å²) in [6, 6.07) is 0. The topological polar surface area (TPSA) is 20.2 Å². The number of hydrogen-bond donors (Lipinski definition) is 1. The van der Waals surface area contributed by atoms with Crippen LogP contribution in [0.2, 0.25) is 0 Å². The summed E-state index contributed by atoms with van der Waals surface area (Å²) >= 11 is 10.1. The maximum absolute atomic E-state index is 8.28. The zero-order chi connectivity index (χ0) is 8.04. The van der Waals surface area contributed by atoms with Gasteiger partial charge in [0.15, 0.2) is 0 Å². The van der Waals surface area contributed by atoms with Gasteiger partial charge in [-0.05, 0) is 19.3 Å². The first-order chi connectivity index (χ1) is 4.56. The Hall–Kier alpha value is 0.980.